The highest BCUT2D eigenvalue weighted by molar-refractivity contribution is 5.86. The summed E-state index contributed by atoms with van der Waals surface area (Å²) in [6.07, 6.45) is 4.12. The highest BCUT2D eigenvalue weighted by Crippen LogP contribution is 2.31. The van der Waals surface area contributed by atoms with Crippen molar-refractivity contribution in [3.63, 3.8) is 0 Å². The van der Waals surface area contributed by atoms with Crippen LogP contribution in [0.2, 0.25) is 0 Å². The highest BCUT2D eigenvalue weighted by Gasteiger charge is 2.20. The van der Waals surface area contributed by atoms with Crippen LogP contribution in [0.1, 0.15) is 18.4 Å². The summed E-state index contributed by atoms with van der Waals surface area (Å²) in [5.41, 5.74) is 3.45. The van der Waals surface area contributed by atoms with Gasteiger partial charge in [-0.1, -0.05) is 6.07 Å². The van der Waals surface area contributed by atoms with Gasteiger partial charge in [-0.15, -0.1) is 0 Å². The molecule has 0 spiro atoms. The van der Waals surface area contributed by atoms with E-state index in [1.807, 2.05) is 18.2 Å². The number of aryl methyl sites for hydroxylation is 1. The molecule has 1 aliphatic rings. The van der Waals surface area contributed by atoms with Crippen molar-refractivity contribution in [3.05, 3.63) is 62.9 Å². The fourth-order valence-corrected chi connectivity index (χ4v) is 4.74. The van der Waals surface area contributed by atoms with Crippen molar-refractivity contribution in [2.75, 3.05) is 51.8 Å². The summed E-state index contributed by atoms with van der Waals surface area (Å²) in [5, 5.41) is 0.504. The smallest absolute Gasteiger partial charge is 0.417 e. The minimum absolute atomic E-state index is 0.0219. The number of anilines is 1. The van der Waals surface area contributed by atoms with Crippen LogP contribution in [0.5, 0.6) is 11.5 Å². The van der Waals surface area contributed by atoms with E-state index >= 15 is 0 Å². The number of nitrogens with zero attached hydrogens (tertiary/aromatic N) is 2. The van der Waals surface area contributed by atoms with E-state index in [1.165, 1.54) is 0 Å². The number of H-pyrrole nitrogens is 1. The van der Waals surface area contributed by atoms with E-state index in [2.05, 4.69) is 14.8 Å². The van der Waals surface area contributed by atoms with Gasteiger partial charge in [-0.25, -0.2) is 4.79 Å². The number of aromatic nitrogens is 1. The molecule has 1 saturated heterocycles. The Hall–Kier alpha value is -3.72. The van der Waals surface area contributed by atoms with Gasteiger partial charge in [-0.3, -0.25) is 14.7 Å². The van der Waals surface area contributed by atoms with Crippen LogP contribution in [0.15, 0.2) is 55.0 Å². The number of hydrogen-bond donors (Lipinski definition) is 1. The summed E-state index contributed by atoms with van der Waals surface area (Å²) in [6.45, 7) is 4.58. The second kappa shape index (κ2) is 9.87. The summed E-state index contributed by atoms with van der Waals surface area (Å²) in [6, 6.07) is 9.15. The molecule has 184 valence electrons. The standard InChI is InChI=1S/C26H29N3O6/c1-32-22-14-18-21(15-23(22)33-2)34-16-17(24(18)30)6-3-4-9-28-10-12-29(13-11-28)20-8-5-7-19-25(20)35-26(31)27-19/h5,7-8,14-16H,3-4,6,9-13H2,1-2H3,(H,27,31). The van der Waals surface area contributed by atoms with E-state index in [0.29, 0.717) is 40.0 Å². The lowest BCUT2D eigenvalue weighted by atomic mass is 10.1. The Morgan fingerprint density at radius 3 is 2.54 bits per heavy atom. The normalized spacial score (nSPS) is 14.6. The van der Waals surface area contributed by atoms with Gasteiger partial charge in [-0.2, -0.15) is 0 Å². The first-order valence-corrected chi connectivity index (χ1v) is 11.8. The lowest BCUT2D eigenvalue weighted by Gasteiger charge is -2.36. The predicted molar refractivity (Wildman–Crippen MR) is 134 cm³/mol. The highest BCUT2D eigenvalue weighted by atomic mass is 16.5. The fourth-order valence-electron chi connectivity index (χ4n) is 4.74. The molecule has 1 aliphatic heterocycles. The van der Waals surface area contributed by atoms with E-state index in [1.54, 1.807) is 32.6 Å². The first-order chi connectivity index (χ1) is 17.1. The number of nitrogens with one attached hydrogen (secondary N) is 1. The number of oxazole rings is 1. The maximum atomic E-state index is 13.0. The fraction of sp³-hybridized carbons (Fsp3) is 0.385. The third kappa shape index (κ3) is 4.64. The molecule has 0 radical (unpaired) electrons. The molecule has 4 aromatic rings. The average molecular weight is 480 g/mol. The van der Waals surface area contributed by atoms with Gasteiger partial charge in [0.1, 0.15) is 5.58 Å². The molecule has 0 saturated carbocycles. The van der Waals surface area contributed by atoms with E-state index in [4.69, 9.17) is 18.3 Å². The quantitative estimate of drug-likeness (QED) is 0.384. The summed E-state index contributed by atoms with van der Waals surface area (Å²) in [5.74, 6) is 0.620. The van der Waals surface area contributed by atoms with Gasteiger partial charge in [0.25, 0.3) is 0 Å². The monoisotopic (exact) mass is 479 g/mol. The van der Waals surface area contributed by atoms with Crippen molar-refractivity contribution in [1.82, 2.24) is 9.88 Å². The lowest BCUT2D eigenvalue weighted by Crippen LogP contribution is -2.46. The molecule has 0 atom stereocenters. The van der Waals surface area contributed by atoms with Crippen LogP contribution >= 0.6 is 0 Å². The minimum atomic E-state index is -0.426. The Morgan fingerprint density at radius 1 is 1.00 bits per heavy atom. The predicted octanol–water partition coefficient (Wildman–Crippen LogP) is 3.39. The molecule has 0 amide bonds. The molecule has 1 N–H and O–H groups in total. The number of hydrogen-bond acceptors (Lipinski definition) is 8. The number of para-hydroxylation sites is 1. The Labute approximate surface area is 201 Å². The third-order valence-electron chi connectivity index (χ3n) is 6.66. The van der Waals surface area contributed by atoms with E-state index in [9.17, 15) is 9.59 Å². The van der Waals surface area contributed by atoms with Crippen LogP contribution < -0.4 is 25.6 Å². The van der Waals surface area contributed by atoms with E-state index in [0.717, 1.165) is 56.8 Å². The van der Waals surface area contributed by atoms with Crippen molar-refractivity contribution in [2.45, 2.75) is 19.3 Å². The molecule has 5 rings (SSSR count). The average Bonchev–Trinajstić information content (AvgIpc) is 3.27. The van der Waals surface area contributed by atoms with Gasteiger partial charge >= 0.3 is 5.76 Å². The number of rotatable bonds is 8. The summed E-state index contributed by atoms with van der Waals surface area (Å²) >= 11 is 0. The molecule has 3 heterocycles. The summed E-state index contributed by atoms with van der Waals surface area (Å²) < 4.78 is 21.7. The Bertz CT molecular complexity index is 1450. The topological polar surface area (TPSA) is 101 Å². The Balaban J connectivity index is 1.15. The number of unbranched alkanes of at least 4 members (excludes halogenated alkanes) is 1. The van der Waals surface area contributed by atoms with Crippen LogP contribution in [-0.2, 0) is 6.42 Å². The van der Waals surface area contributed by atoms with Gasteiger partial charge in [-0.05, 0) is 44.0 Å². The number of benzene rings is 2. The van der Waals surface area contributed by atoms with Gasteiger partial charge in [0.15, 0.2) is 22.5 Å². The molecule has 2 aromatic carbocycles. The summed E-state index contributed by atoms with van der Waals surface area (Å²) in [7, 11) is 3.10. The van der Waals surface area contributed by atoms with E-state index < -0.39 is 5.76 Å². The number of aromatic amines is 1. The Morgan fingerprint density at radius 2 is 1.77 bits per heavy atom. The maximum absolute atomic E-state index is 13.0. The zero-order chi connectivity index (χ0) is 24.4. The van der Waals surface area contributed by atoms with Crippen LogP contribution in [0.3, 0.4) is 0 Å². The largest absolute Gasteiger partial charge is 0.493 e. The van der Waals surface area contributed by atoms with Gasteiger partial charge in [0.05, 0.1) is 37.1 Å². The first-order valence-electron chi connectivity index (χ1n) is 11.8. The third-order valence-corrected chi connectivity index (χ3v) is 6.66. The summed E-state index contributed by atoms with van der Waals surface area (Å²) in [4.78, 5) is 32.0. The SMILES string of the molecule is COc1cc2occ(CCCCN3CCN(c4cccc5[nH]c(=O)oc45)CC3)c(=O)c2cc1OC. The molecule has 0 aliphatic carbocycles. The van der Waals surface area contributed by atoms with E-state index in [-0.39, 0.29) is 5.43 Å². The number of fused-ring (bicyclic) bond motifs is 2. The molecule has 2 aromatic heterocycles. The lowest BCUT2D eigenvalue weighted by molar-refractivity contribution is 0.253. The molecule has 1 fully saturated rings. The van der Waals surface area contributed by atoms with Gasteiger partial charge < -0.3 is 23.2 Å². The minimum Gasteiger partial charge on any atom is -0.493 e. The van der Waals surface area contributed by atoms with Crippen molar-refractivity contribution in [2.24, 2.45) is 0 Å². The number of methoxy groups -OCH3 is 2. The van der Waals surface area contributed by atoms with Crippen LogP contribution in [0, 0.1) is 0 Å². The Kier molecular flexibility index (Phi) is 6.50. The molecule has 9 heteroatoms. The molecule has 0 unspecified atom stereocenters. The zero-order valence-corrected chi connectivity index (χ0v) is 20.0. The van der Waals surface area contributed by atoms with Crippen molar-refractivity contribution in [1.29, 1.82) is 0 Å². The van der Waals surface area contributed by atoms with Gasteiger partial charge in [0.2, 0.25) is 0 Å². The first kappa shape index (κ1) is 23.0. The van der Waals surface area contributed by atoms with Crippen molar-refractivity contribution >= 4 is 27.8 Å². The zero-order valence-electron chi connectivity index (χ0n) is 20.0. The van der Waals surface area contributed by atoms with Crippen molar-refractivity contribution in [3.8, 4) is 11.5 Å². The number of piperazine rings is 1. The second-order valence-electron chi connectivity index (χ2n) is 8.75. The second-order valence-corrected chi connectivity index (χ2v) is 8.75. The molecule has 9 nitrogen and oxygen atoms in total. The molecular weight excluding hydrogens is 450 g/mol. The van der Waals surface area contributed by atoms with Crippen LogP contribution in [0.25, 0.3) is 22.1 Å². The number of ether oxygens (including phenoxy) is 2. The van der Waals surface area contributed by atoms with Gasteiger partial charge in [0, 0.05) is 37.8 Å². The van der Waals surface area contributed by atoms with Crippen LogP contribution in [-0.4, -0.2) is 56.8 Å². The van der Waals surface area contributed by atoms with Crippen LogP contribution in [0.4, 0.5) is 5.69 Å². The van der Waals surface area contributed by atoms with Crippen molar-refractivity contribution < 1.29 is 18.3 Å². The molecular formula is C26H29N3O6. The molecule has 35 heavy (non-hydrogen) atoms. The molecule has 0 bridgehead atoms. The maximum Gasteiger partial charge on any atom is 0.417 e.